The van der Waals surface area contributed by atoms with Gasteiger partial charge < -0.3 is 4.74 Å². The molecule has 0 unspecified atom stereocenters. The van der Waals surface area contributed by atoms with Gasteiger partial charge in [-0.25, -0.2) is 8.42 Å². The van der Waals surface area contributed by atoms with Crippen LogP contribution in [0.15, 0.2) is 0 Å². The number of hydrogen-bond acceptors (Lipinski definition) is 5. The molecule has 0 amide bonds. The third-order valence-corrected chi connectivity index (χ3v) is 3.69. The number of thiazole rings is 1. The van der Waals surface area contributed by atoms with Crippen molar-refractivity contribution in [3.05, 3.63) is 10.0 Å². The van der Waals surface area contributed by atoms with Crippen molar-refractivity contribution >= 4 is 42.7 Å². The smallest absolute Gasteiger partial charge is 0.274 e. The van der Waals surface area contributed by atoms with Gasteiger partial charge in [-0.3, -0.25) is 0 Å². The second-order valence-electron chi connectivity index (χ2n) is 2.08. The fourth-order valence-electron chi connectivity index (χ4n) is 0.646. The topological polar surface area (TPSA) is 56.3 Å². The van der Waals surface area contributed by atoms with Crippen molar-refractivity contribution in [2.75, 3.05) is 7.11 Å². The number of halogens is 2. The molecule has 0 aliphatic carbocycles. The van der Waals surface area contributed by atoms with Crippen LogP contribution in [0.2, 0.25) is 5.15 Å². The zero-order valence-corrected chi connectivity index (χ0v) is 9.60. The highest BCUT2D eigenvalue weighted by atomic mass is 35.7. The van der Waals surface area contributed by atoms with E-state index in [4.69, 9.17) is 27.0 Å². The first-order chi connectivity index (χ1) is 5.92. The molecule has 0 saturated carbocycles. The molecule has 8 heteroatoms. The van der Waals surface area contributed by atoms with Crippen LogP contribution < -0.4 is 4.74 Å². The van der Waals surface area contributed by atoms with Gasteiger partial charge in [-0.05, 0) is 0 Å². The Morgan fingerprint density at radius 2 is 2.23 bits per heavy atom. The van der Waals surface area contributed by atoms with E-state index < -0.39 is 9.05 Å². The minimum Gasteiger partial charge on any atom is -0.473 e. The number of aromatic nitrogens is 1. The number of methoxy groups -OCH3 is 1. The summed E-state index contributed by atoms with van der Waals surface area (Å²) in [7, 11) is 2.88. The van der Waals surface area contributed by atoms with E-state index in [1.807, 2.05) is 0 Å². The molecule has 4 nitrogen and oxygen atoms in total. The first-order valence-electron chi connectivity index (χ1n) is 3.04. The van der Waals surface area contributed by atoms with Crippen LogP contribution in [0.25, 0.3) is 0 Å². The molecule has 0 bridgehead atoms. The Balaban J connectivity index is 2.95. The highest BCUT2D eigenvalue weighted by Crippen LogP contribution is 2.30. The number of ether oxygens (including phenoxy) is 1. The molecule has 0 fully saturated rings. The first kappa shape index (κ1) is 11.0. The number of nitrogens with zero attached hydrogens (tertiary/aromatic N) is 1. The Morgan fingerprint density at radius 1 is 1.62 bits per heavy atom. The summed E-state index contributed by atoms with van der Waals surface area (Å²) in [5.74, 6) is -0.325. The molecule has 0 saturated heterocycles. The van der Waals surface area contributed by atoms with Gasteiger partial charge in [0.2, 0.25) is 9.05 Å². The molecular formula is C5H5Cl2NO3S2. The molecule has 1 heterocycles. The summed E-state index contributed by atoms with van der Waals surface area (Å²) < 4.78 is 26.2. The maximum absolute atomic E-state index is 10.7. The summed E-state index contributed by atoms with van der Waals surface area (Å²) in [5, 5.41) is 0.436. The summed E-state index contributed by atoms with van der Waals surface area (Å²) in [5.41, 5.74) is 0. The third-order valence-electron chi connectivity index (χ3n) is 1.11. The largest absolute Gasteiger partial charge is 0.473 e. The van der Waals surface area contributed by atoms with Crippen LogP contribution in [0, 0.1) is 0 Å². The lowest BCUT2D eigenvalue weighted by Crippen LogP contribution is -1.92. The molecule has 1 rings (SSSR count). The highest BCUT2D eigenvalue weighted by Gasteiger charge is 2.15. The van der Waals surface area contributed by atoms with Crippen LogP contribution in [0.5, 0.6) is 5.19 Å². The quantitative estimate of drug-likeness (QED) is 0.780. The maximum atomic E-state index is 10.7. The molecule has 0 aromatic carbocycles. The second kappa shape index (κ2) is 4.00. The summed E-state index contributed by atoms with van der Waals surface area (Å²) in [6.45, 7) is 0. The predicted molar refractivity (Wildman–Crippen MR) is 52.2 cm³/mol. The molecule has 0 radical (unpaired) electrons. The Hall–Kier alpha value is -0.0400. The lowest BCUT2D eigenvalue weighted by atomic mass is 10.6. The summed E-state index contributed by atoms with van der Waals surface area (Å²) >= 11 is 6.68. The van der Waals surface area contributed by atoms with Gasteiger partial charge >= 0.3 is 0 Å². The van der Waals surface area contributed by atoms with Crippen LogP contribution in [0.3, 0.4) is 0 Å². The van der Waals surface area contributed by atoms with Crippen molar-refractivity contribution in [1.29, 1.82) is 0 Å². The van der Waals surface area contributed by atoms with Gasteiger partial charge in [-0.1, -0.05) is 22.9 Å². The zero-order chi connectivity index (χ0) is 10.1. The molecule has 13 heavy (non-hydrogen) atoms. The van der Waals surface area contributed by atoms with E-state index in [1.165, 1.54) is 7.11 Å². The van der Waals surface area contributed by atoms with Gasteiger partial charge in [-0.15, -0.1) is 0 Å². The van der Waals surface area contributed by atoms with Crippen molar-refractivity contribution in [3.8, 4) is 5.19 Å². The molecule has 0 aliphatic heterocycles. The van der Waals surface area contributed by atoms with E-state index >= 15 is 0 Å². The first-order valence-corrected chi connectivity index (χ1v) is 6.71. The fourth-order valence-corrected chi connectivity index (χ4v) is 3.27. The number of rotatable bonds is 3. The van der Waals surface area contributed by atoms with E-state index in [0.717, 1.165) is 11.3 Å². The van der Waals surface area contributed by atoms with E-state index in [-0.39, 0.29) is 10.9 Å². The van der Waals surface area contributed by atoms with Crippen molar-refractivity contribution in [2.45, 2.75) is 5.75 Å². The van der Waals surface area contributed by atoms with Crippen molar-refractivity contribution in [3.63, 3.8) is 0 Å². The van der Waals surface area contributed by atoms with Gasteiger partial charge in [0, 0.05) is 10.7 Å². The normalized spacial score (nSPS) is 11.6. The maximum Gasteiger partial charge on any atom is 0.274 e. The van der Waals surface area contributed by atoms with Gasteiger partial charge in [0.25, 0.3) is 5.19 Å². The van der Waals surface area contributed by atoms with Gasteiger partial charge in [0.15, 0.2) is 0 Å². The monoisotopic (exact) mass is 261 g/mol. The van der Waals surface area contributed by atoms with Gasteiger partial charge in [-0.2, -0.15) is 4.98 Å². The van der Waals surface area contributed by atoms with E-state index in [1.54, 1.807) is 0 Å². The van der Waals surface area contributed by atoms with Crippen LogP contribution >= 0.6 is 33.6 Å². The molecule has 1 aromatic heterocycles. The molecule has 0 spiro atoms. The van der Waals surface area contributed by atoms with Gasteiger partial charge in [0.1, 0.15) is 10.9 Å². The number of hydrogen-bond donors (Lipinski definition) is 0. The van der Waals surface area contributed by atoms with Crippen LogP contribution in [-0.4, -0.2) is 20.5 Å². The SMILES string of the molecule is COc1nc(Cl)c(CS(=O)(=O)Cl)s1. The molecule has 0 aliphatic rings. The minimum atomic E-state index is -3.59. The van der Waals surface area contributed by atoms with Gasteiger partial charge in [0.05, 0.1) is 12.0 Å². The Kier molecular flexibility index (Phi) is 3.39. The van der Waals surface area contributed by atoms with E-state index in [0.29, 0.717) is 10.1 Å². The van der Waals surface area contributed by atoms with Crippen LogP contribution in [-0.2, 0) is 14.8 Å². The minimum absolute atomic E-state index is 0.117. The summed E-state index contributed by atoms with van der Waals surface area (Å²) in [6.07, 6.45) is 0. The molecular weight excluding hydrogens is 257 g/mol. The van der Waals surface area contributed by atoms with E-state index in [9.17, 15) is 8.42 Å². The average Bonchev–Trinajstić information content (AvgIpc) is 2.29. The zero-order valence-electron chi connectivity index (χ0n) is 6.45. The molecule has 0 N–H and O–H groups in total. The average molecular weight is 262 g/mol. The Morgan fingerprint density at radius 3 is 2.62 bits per heavy atom. The van der Waals surface area contributed by atoms with Crippen molar-refractivity contribution in [2.24, 2.45) is 0 Å². The lowest BCUT2D eigenvalue weighted by Gasteiger charge is -1.90. The molecule has 0 atom stereocenters. The summed E-state index contributed by atoms with van der Waals surface area (Å²) in [4.78, 5) is 4.13. The standard InChI is InChI=1S/C5H5Cl2NO3S2/c1-11-5-8-4(6)3(12-5)2-13(7,9)10/h2H2,1H3. The molecule has 74 valence electrons. The Bertz CT molecular complexity index is 400. The second-order valence-corrected chi connectivity index (χ2v) is 6.26. The van der Waals surface area contributed by atoms with Crippen LogP contribution in [0.4, 0.5) is 0 Å². The van der Waals surface area contributed by atoms with E-state index in [2.05, 4.69) is 4.98 Å². The fraction of sp³-hybridized carbons (Fsp3) is 0.400. The van der Waals surface area contributed by atoms with Crippen LogP contribution in [0.1, 0.15) is 4.88 Å². The third kappa shape index (κ3) is 3.30. The predicted octanol–water partition coefficient (Wildman–Crippen LogP) is 1.87. The van der Waals surface area contributed by atoms with Crippen molar-refractivity contribution in [1.82, 2.24) is 4.98 Å². The summed E-state index contributed by atoms with van der Waals surface area (Å²) in [6, 6.07) is 0. The lowest BCUT2D eigenvalue weighted by molar-refractivity contribution is 0.412. The molecule has 1 aromatic rings. The highest BCUT2D eigenvalue weighted by molar-refractivity contribution is 8.13. The Labute approximate surface area is 88.9 Å². The van der Waals surface area contributed by atoms with Crippen molar-refractivity contribution < 1.29 is 13.2 Å².